The number of nitrogens with zero attached hydrogens (tertiary/aromatic N) is 1. The number of carbonyl (C=O) groups excluding carboxylic acids is 2. The van der Waals surface area contributed by atoms with Crippen LogP contribution < -0.4 is 0 Å². The first-order valence-corrected chi connectivity index (χ1v) is 4.93. The van der Waals surface area contributed by atoms with Gasteiger partial charge in [0.2, 0.25) is 11.6 Å². The highest BCUT2D eigenvalue weighted by atomic mass is 19.1. The average molecular weight is 229 g/mol. The topological polar surface area (TPSA) is 47.0 Å². The van der Waals surface area contributed by atoms with Crippen molar-refractivity contribution in [1.82, 2.24) is 4.98 Å². The molecule has 4 heteroatoms. The number of Topliss-reactive ketones (excluding diaryl/α,β-unsaturated/α-hetero) is 2. The molecule has 0 fully saturated rings. The van der Waals surface area contributed by atoms with Gasteiger partial charge in [0.15, 0.2) is 0 Å². The summed E-state index contributed by atoms with van der Waals surface area (Å²) in [4.78, 5) is 27.3. The van der Waals surface area contributed by atoms with Crippen molar-refractivity contribution in [2.75, 3.05) is 0 Å². The summed E-state index contributed by atoms with van der Waals surface area (Å²) in [6.45, 7) is 0. The van der Waals surface area contributed by atoms with Gasteiger partial charge in [-0.05, 0) is 36.4 Å². The lowest BCUT2D eigenvalue weighted by atomic mass is 10.0. The molecule has 0 N–H and O–H groups in total. The van der Waals surface area contributed by atoms with E-state index < -0.39 is 17.4 Å². The molecule has 0 unspecified atom stereocenters. The molecular formula is C13H8FNO2. The zero-order chi connectivity index (χ0) is 12.3. The van der Waals surface area contributed by atoms with Gasteiger partial charge < -0.3 is 0 Å². The second-order valence-corrected chi connectivity index (χ2v) is 3.41. The molecule has 0 atom stereocenters. The Morgan fingerprint density at radius 3 is 2.18 bits per heavy atom. The van der Waals surface area contributed by atoms with Crippen LogP contribution >= 0.6 is 0 Å². The summed E-state index contributed by atoms with van der Waals surface area (Å²) in [6, 6.07) is 7.94. The molecule has 2 aromatic rings. The van der Waals surface area contributed by atoms with Crippen LogP contribution in [0, 0.1) is 5.82 Å². The van der Waals surface area contributed by atoms with Crippen LogP contribution in [-0.4, -0.2) is 16.6 Å². The minimum absolute atomic E-state index is 0.167. The summed E-state index contributed by atoms with van der Waals surface area (Å²) >= 11 is 0. The molecule has 0 aliphatic heterocycles. The van der Waals surface area contributed by atoms with E-state index in [0.717, 1.165) is 12.1 Å². The lowest BCUT2D eigenvalue weighted by Gasteiger charge is -1.99. The molecule has 0 aliphatic rings. The molecule has 1 aromatic heterocycles. The molecule has 2 rings (SSSR count). The van der Waals surface area contributed by atoms with E-state index in [1.165, 1.54) is 30.6 Å². The molecule has 0 aliphatic carbocycles. The molecule has 0 radical (unpaired) electrons. The maximum atomic E-state index is 12.7. The number of hydrogen-bond donors (Lipinski definition) is 0. The van der Waals surface area contributed by atoms with Crippen LogP contribution in [0.4, 0.5) is 4.39 Å². The van der Waals surface area contributed by atoms with Gasteiger partial charge in [0.25, 0.3) is 0 Å². The third kappa shape index (κ3) is 2.42. The highest BCUT2D eigenvalue weighted by molar-refractivity contribution is 6.49. The summed E-state index contributed by atoms with van der Waals surface area (Å²) in [5.41, 5.74) is 0.391. The molecule has 0 bridgehead atoms. The number of carbonyl (C=O) groups is 2. The Kier molecular flexibility index (Phi) is 3.05. The van der Waals surface area contributed by atoms with E-state index in [1.807, 2.05) is 0 Å². The predicted molar refractivity (Wildman–Crippen MR) is 59.3 cm³/mol. The quantitative estimate of drug-likeness (QED) is 0.599. The van der Waals surface area contributed by atoms with Gasteiger partial charge in [-0.1, -0.05) is 0 Å². The van der Waals surface area contributed by atoms with Gasteiger partial charge in [0.05, 0.1) is 0 Å². The van der Waals surface area contributed by atoms with Crippen molar-refractivity contribution in [2.45, 2.75) is 0 Å². The fourth-order valence-electron chi connectivity index (χ4n) is 1.36. The largest absolute Gasteiger partial charge is 0.285 e. The van der Waals surface area contributed by atoms with E-state index in [2.05, 4.69) is 4.98 Å². The Bertz CT molecular complexity index is 549. The van der Waals surface area contributed by atoms with Gasteiger partial charge in [0.1, 0.15) is 5.82 Å². The number of halogens is 1. The minimum atomic E-state index is -0.669. The normalized spacial score (nSPS) is 9.94. The van der Waals surface area contributed by atoms with Crippen molar-refractivity contribution in [3.63, 3.8) is 0 Å². The second-order valence-electron chi connectivity index (χ2n) is 3.41. The van der Waals surface area contributed by atoms with Gasteiger partial charge in [-0.15, -0.1) is 0 Å². The van der Waals surface area contributed by atoms with E-state index in [1.54, 1.807) is 6.07 Å². The van der Waals surface area contributed by atoms with Crippen LogP contribution in [0.1, 0.15) is 20.7 Å². The van der Waals surface area contributed by atoms with Crippen LogP contribution in [0.3, 0.4) is 0 Å². The van der Waals surface area contributed by atoms with Crippen molar-refractivity contribution < 1.29 is 14.0 Å². The Balaban J connectivity index is 2.27. The second kappa shape index (κ2) is 4.65. The summed E-state index contributed by atoms with van der Waals surface area (Å²) < 4.78 is 12.7. The smallest absolute Gasteiger partial charge is 0.235 e. The van der Waals surface area contributed by atoms with Crippen LogP contribution in [0.25, 0.3) is 0 Å². The van der Waals surface area contributed by atoms with E-state index in [9.17, 15) is 14.0 Å². The summed E-state index contributed by atoms with van der Waals surface area (Å²) in [7, 11) is 0. The highest BCUT2D eigenvalue weighted by Crippen LogP contribution is 2.08. The first kappa shape index (κ1) is 11.1. The van der Waals surface area contributed by atoms with Crippen LogP contribution in [-0.2, 0) is 0 Å². The minimum Gasteiger partial charge on any atom is -0.285 e. The molecule has 84 valence electrons. The predicted octanol–water partition coefficient (Wildman–Crippen LogP) is 2.29. The maximum absolute atomic E-state index is 12.7. The van der Waals surface area contributed by atoms with Crippen LogP contribution in [0.15, 0.2) is 48.8 Å². The Hall–Kier alpha value is -2.36. The van der Waals surface area contributed by atoms with E-state index in [4.69, 9.17) is 0 Å². The van der Waals surface area contributed by atoms with Gasteiger partial charge >= 0.3 is 0 Å². The molecular weight excluding hydrogens is 221 g/mol. The van der Waals surface area contributed by atoms with Crippen molar-refractivity contribution >= 4 is 11.6 Å². The number of hydrogen-bond acceptors (Lipinski definition) is 3. The Morgan fingerprint density at radius 2 is 1.59 bits per heavy atom. The zero-order valence-corrected chi connectivity index (χ0v) is 8.76. The maximum Gasteiger partial charge on any atom is 0.235 e. The van der Waals surface area contributed by atoms with E-state index >= 15 is 0 Å². The lowest BCUT2D eigenvalue weighted by Crippen LogP contribution is -2.14. The van der Waals surface area contributed by atoms with E-state index in [0.29, 0.717) is 0 Å². The highest BCUT2D eigenvalue weighted by Gasteiger charge is 2.17. The number of benzene rings is 1. The molecule has 1 aromatic carbocycles. The van der Waals surface area contributed by atoms with Gasteiger partial charge in [0, 0.05) is 23.5 Å². The van der Waals surface area contributed by atoms with Crippen molar-refractivity contribution in [1.29, 1.82) is 0 Å². The standard InChI is InChI=1S/C13H8FNO2/c14-11-5-3-9(4-6-11)12(16)13(17)10-2-1-7-15-8-10/h1-8H. The first-order valence-electron chi connectivity index (χ1n) is 4.93. The summed E-state index contributed by atoms with van der Waals surface area (Å²) in [5.74, 6) is -1.77. The SMILES string of the molecule is O=C(C(=O)c1cccnc1)c1ccc(F)cc1. The fourth-order valence-corrected chi connectivity index (χ4v) is 1.36. The lowest BCUT2D eigenvalue weighted by molar-refractivity contribution is 0.0816. The average Bonchev–Trinajstić information content (AvgIpc) is 2.39. The molecule has 0 saturated carbocycles. The monoisotopic (exact) mass is 229 g/mol. The molecule has 0 spiro atoms. The van der Waals surface area contributed by atoms with E-state index in [-0.39, 0.29) is 11.1 Å². The third-order valence-corrected chi connectivity index (χ3v) is 2.24. The zero-order valence-electron chi connectivity index (χ0n) is 8.76. The molecule has 0 saturated heterocycles. The van der Waals surface area contributed by atoms with Gasteiger partial charge in [-0.25, -0.2) is 4.39 Å². The number of aromatic nitrogens is 1. The van der Waals surface area contributed by atoms with Gasteiger partial charge in [-0.3, -0.25) is 14.6 Å². The van der Waals surface area contributed by atoms with Crippen molar-refractivity contribution in [3.8, 4) is 0 Å². The van der Waals surface area contributed by atoms with Crippen molar-refractivity contribution in [3.05, 3.63) is 65.7 Å². The van der Waals surface area contributed by atoms with Crippen LogP contribution in [0.5, 0.6) is 0 Å². The third-order valence-electron chi connectivity index (χ3n) is 2.24. The number of pyridine rings is 1. The number of ketones is 2. The molecule has 3 nitrogen and oxygen atoms in total. The number of rotatable bonds is 3. The Morgan fingerprint density at radius 1 is 0.941 bits per heavy atom. The van der Waals surface area contributed by atoms with Crippen molar-refractivity contribution in [2.24, 2.45) is 0 Å². The van der Waals surface area contributed by atoms with Crippen LogP contribution in [0.2, 0.25) is 0 Å². The van der Waals surface area contributed by atoms with Gasteiger partial charge in [-0.2, -0.15) is 0 Å². The molecule has 1 heterocycles. The molecule has 17 heavy (non-hydrogen) atoms. The summed E-state index contributed by atoms with van der Waals surface area (Å²) in [5, 5.41) is 0. The first-order chi connectivity index (χ1) is 8.18. The molecule has 0 amide bonds. The summed E-state index contributed by atoms with van der Waals surface area (Å²) in [6.07, 6.45) is 2.84. The Labute approximate surface area is 96.9 Å². The fraction of sp³-hybridized carbons (Fsp3) is 0.